The van der Waals surface area contributed by atoms with E-state index in [1.165, 1.54) is 5.56 Å². The predicted octanol–water partition coefficient (Wildman–Crippen LogP) is 4.55. The summed E-state index contributed by atoms with van der Waals surface area (Å²) in [6, 6.07) is 13.8. The topological polar surface area (TPSA) is 108 Å². The number of ether oxygens (including phenoxy) is 2. The predicted molar refractivity (Wildman–Crippen MR) is 147 cm³/mol. The van der Waals surface area contributed by atoms with E-state index in [1.54, 1.807) is 21.1 Å². The maximum Gasteiger partial charge on any atom is 0.160 e. The van der Waals surface area contributed by atoms with Crippen molar-refractivity contribution in [2.75, 3.05) is 32.7 Å². The second-order valence-corrected chi connectivity index (χ2v) is 9.89. The summed E-state index contributed by atoms with van der Waals surface area (Å²) in [5.41, 5.74) is 3.19. The highest BCUT2D eigenvalue weighted by Crippen LogP contribution is 2.28. The quantitative estimate of drug-likeness (QED) is 0.203. The van der Waals surface area contributed by atoms with E-state index in [0.717, 1.165) is 43.4 Å². The van der Waals surface area contributed by atoms with E-state index in [0.29, 0.717) is 37.3 Å². The van der Waals surface area contributed by atoms with Crippen LogP contribution in [0.5, 0.6) is 11.5 Å². The van der Waals surface area contributed by atoms with Crippen molar-refractivity contribution in [3.8, 4) is 11.5 Å². The van der Waals surface area contributed by atoms with Crippen molar-refractivity contribution in [2.45, 2.75) is 76.9 Å². The number of hydrogen-bond donors (Lipinski definition) is 4. The van der Waals surface area contributed by atoms with Crippen molar-refractivity contribution in [3.63, 3.8) is 0 Å². The lowest BCUT2D eigenvalue weighted by atomic mass is 9.93. The Morgan fingerprint density at radius 2 is 1.65 bits per heavy atom. The number of ketones is 1. The Bertz CT molecular complexity index is 932. The summed E-state index contributed by atoms with van der Waals surface area (Å²) >= 11 is 0. The van der Waals surface area contributed by atoms with Gasteiger partial charge in [0.25, 0.3) is 0 Å². The van der Waals surface area contributed by atoms with Crippen molar-refractivity contribution in [2.24, 2.45) is 5.92 Å². The minimum absolute atomic E-state index is 0.0562. The lowest BCUT2D eigenvalue weighted by Crippen LogP contribution is -2.15. The number of carbonyl (C=O) groups is 1. The molecule has 0 aliphatic rings. The second kappa shape index (κ2) is 17.0. The highest BCUT2D eigenvalue weighted by atomic mass is 16.5. The molecule has 0 radical (unpaired) electrons. The van der Waals surface area contributed by atoms with Gasteiger partial charge in [-0.2, -0.15) is 0 Å². The number of aliphatic hydroxyl groups is 3. The fraction of sp³-hybridized carbons (Fsp3) is 0.567. The monoisotopic (exact) mass is 515 g/mol. The lowest BCUT2D eigenvalue weighted by molar-refractivity contribution is -0.121. The zero-order valence-electron chi connectivity index (χ0n) is 22.6. The van der Waals surface area contributed by atoms with Gasteiger partial charge in [-0.3, -0.25) is 4.79 Å². The van der Waals surface area contributed by atoms with Crippen LogP contribution in [0.4, 0.5) is 5.69 Å². The van der Waals surface area contributed by atoms with E-state index < -0.39 is 12.2 Å². The molecule has 0 aromatic heterocycles. The molecular weight excluding hydrogens is 470 g/mol. The molecule has 7 nitrogen and oxygen atoms in total. The van der Waals surface area contributed by atoms with Crippen LogP contribution in [0.1, 0.15) is 63.0 Å². The van der Waals surface area contributed by atoms with Crippen LogP contribution in [-0.4, -0.2) is 60.7 Å². The molecule has 2 rings (SSSR count). The Morgan fingerprint density at radius 3 is 2.35 bits per heavy atom. The van der Waals surface area contributed by atoms with Crippen LogP contribution in [0.25, 0.3) is 0 Å². The van der Waals surface area contributed by atoms with E-state index >= 15 is 0 Å². The summed E-state index contributed by atoms with van der Waals surface area (Å²) < 4.78 is 10.6. The summed E-state index contributed by atoms with van der Waals surface area (Å²) in [4.78, 5) is 12.3. The standard InChI is InChI=1S/C30H45NO6/c1-22(33)20-31-26-9-6-8-23(17-26)11-12-25(21-32)7-4-5-10-27(34)19-28(35)15-13-24-14-16-29(36-2)30(18-24)37-3/h6,8-9,14,16-18,22,25,27,31-34H,4-5,7,10-13,15,19-21H2,1-3H3/t22-,25-,27-/m0/s1. The summed E-state index contributed by atoms with van der Waals surface area (Å²) in [6.07, 6.45) is 5.16. The van der Waals surface area contributed by atoms with Crippen LogP contribution < -0.4 is 14.8 Å². The summed E-state index contributed by atoms with van der Waals surface area (Å²) in [5.74, 6) is 1.58. The molecule has 7 heteroatoms. The van der Waals surface area contributed by atoms with Crippen molar-refractivity contribution >= 4 is 11.5 Å². The number of aliphatic hydroxyl groups excluding tert-OH is 3. The van der Waals surface area contributed by atoms with Crippen molar-refractivity contribution < 1.29 is 29.6 Å². The van der Waals surface area contributed by atoms with Crippen LogP contribution in [0, 0.1) is 5.92 Å². The van der Waals surface area contributed by atoms with E-state index in [-0.39, 0.29) is 24.7 Å². The molecule has 0 bridgehead atoms. The van der Waals surface area contributed by atoms with Gasteiger partial charge in [0.05, 0.1) is 26.4 Å². The molecular formula is C30H45NO6. The molecule has 2 aromatic rings. The molecule has 0 unspecified atom stereocenters. The number of carbonyl (C=O) groups excluding carboxylic acids is 1. The fourth-order valence-corrected chi connectivity index (χ4v) is 4.40. The Labute approximate surface area is 221 Å². The Morgan fingerprint density at radius 1 is 0.919 bits per heavy atom. The summed E-state index contributed by atoms with van der Waals surface area (Å²) in [7, 11) is 3.18. The van der Waals surface area contributed by atoms with Gasteiger partial charge in [0, 0.05) is 31.7 Å². The van der Waals surface area contributed by atoms with Crippen LogP contribution in [0.15, 0.2) is 42.5 Å². The molecule has 0 spiro atoms. The fourth-order valence-electron chi connectivity index (χ4n) is 4.40. The average Bonchev–Trinajstić information content (AvgIpc) is 2.90. The third-order valence-corrected chi connectivity index (χ3v) is 6.63. The molecule has 0 heterocycles. The molecule has 206 valence electrons. The van der Waals surface area contributed by atoms with Gasteiger partial charge >= 0.3 is 0 Å². The van der Waals surface area contributed by atoms with Gasteiger partial charge in [0.15, 0.2) is 11.5 Å². The maximum atomic E-state index is 12.3. The van der Waals surface area contributed by atoms with Gasteiger partial charge < -0.3 is 30.1 Å². The molecule has 0 amide bonds. The first-order valence-corrected chi connectivity index (χ1v) is 13.4. The number of anilines is 1. The largest absolute Gasteiger partial charge is 0.493 e. The number of benzene rings is 2. The van der Waals surface area contributed by atoms with Crippen LogP contribution in [0.3, 0.4) is 0 Å². The molecule has 0 aliphatic carbocycles. The van der Waals surface area contributed by atoms with Crippen LogP contribution in [-0.2, 0) is 17.6 Å². The number of nitrogens with one attached hydrogen (secondary N) is 1. The Balaban J connectivity index is 1.64. The molecule has 0 aliphatic heterocycles. The van der Waals surface area contributed by atoms with Crippen molar-refractivity contribution in [1.82, 2.24) is 0 Å². The number of methoxy groups -OCH3 is 2. The van der Waals surface area contributed by atoms with E-state index in [9.17, 15) is 20.1 Å². The molecule has 2 aromatic carbocycles. The molecule has 0 saturated heterocycles. The third kappa shape index (κ3) is 12.0. The SMILES string of the molecule is COc1ccc(CCC(=O)C[C@@H](O)CCCC[C@H](CO)CCc2cccc(NC[C@H](C)O)c2)cc1OC. The van der Waals surface area contributed by atoms with E-state index in [1.807, 2.05) is 30.3 Å². The zero-order chi connectivity index (χ0) is 27.0. The smallest absolute Gasteiger partial charge is 0.160 e. The molecule has 0 fully saturated rings. The highest BCUT2D eigenvalue weighted by molar-refractivity contribution is 5.79. The lowest BCUT2D eigenvalue weighted by Gasteiger charge is -2.16. The van der Waals surface area contributed by atoms with E-state index in [2.05, 4.69) is 17.4 Å². The van der Waals surface area contributed by atoms with Crippen LogP contribution in [0.2, 0.25) is 0 Å². The summed E-state index contributed by atoms with van der Waals surface area (Å²) in [6.45, 7) is 2.41. The number of aryl methyl sites for hydroxylation is 2. The number of unbranched alkanes of at least 4 members (excludes halogenated alkanes) is 1. The second-order valence-electron chi connectivity index (χ2n) is 9.89. The molecule has 0 saturated carbocycles. The molecule has 4 N–H and O–H groups in total. The first-order chi connectivity index (χ1) is 17.8. The number of hydrogen-bond acceptors (Lipinski definition) is 7. The van der Waals surface area contributed by atoms with Crippen molar-refractivity contribution in [1.29, 1.82) is 0 Å². The first-order valence-electron chi connectivity index (χ1n) is 13.4. The number of Topliss-reactive ketones (excluding diaryl/α,β-unsaturated/α-hetero) is 1. The minimum atomic E-state index is -0.623. The van der Waals surface area contributed by atoms with Gasteiger partial charge in [-0.25, -0.2) is 0 Å². The first kappa shape index (κ1) is 30.6. The number of rotatable bonds is 19. The zero-order valence-corrected chi connectivity index (χ0v) is 22.6. The van der Waals surface area contributed by atoms with E-state index in [4.69, 9.17) is 9.47 Å². The van der Waals surface area contributed by atoms with Gasteiger partial charge in [0.2, 0.25) is 0 Å². The van der Waals surface area contributed by atoms with Gasteiger partial charge in [0.1, 0.15) is 5.78 Å². The average molecular weight is 516 g/mol. The normalized spacial score (nSPS) is 13.6. The molecule has 37 heavy (non-hydrogen) atoms. The summed E-state index contributed by atoms with van der Waals surface area (Å²) in [5, 5.41) is 32.8. The highest BCUT2D eigenvalue weighted by Gasteiger charge is 2.13. The van der Waals surface area contributed by atoms with Gasteiger partial charge in [-0.15, -0.1) is 0 Å². The molecule has 3 atom stereocenters. The van der Waals surface area contributed by atoms with Gasteiger partial charge in [-0.1, -0.05) is 31.0 Å². The Kier molecular flexibility index (Phi) is 14.1. The Hall–Kier alpha value is -2.61. The maximum absolute atomic E-state index is 12.3. The van der Waals surface area contributed by atoms with Crippen molar-refractivity contribution in [3.05, 3.63) is 53.6 Å². The minimum Gasteiger partial charge on any atom is -0.493 e. The van der Waals surface area contributed by atoms with Crippen LogP contribution >= 0.6 is 0 Å². The van der Waals surface area contributed by atoms with Gasteiger partial charge in [-0.05, 0) is 80.3 Å². The third-order valence-electron chi connectivity index (χ3n) is 6.63.